The average molecular weight is 739 g/mol. The molecule has 0 atom stereocenters. The van der Waals surface area contributed by atoms with Crippen LogP contribution in [0.2, 0.25) is 0 Å². The maximum absolute atomic E-state index is 6.11. The molecule has 0 spiro atoms. The van der Waals surface area contributed by atoms with Crippen molar-refractivity contribution in [3.63, 3.8) is 0 Å². The minimum absolute atomic E-state index is 0.0430. The molecule has 1 heteroatoms. The van der Waals surface area contributed by atoms with Gasteiger partial charge in [-0.15, -0.1) is 0 Å². The highest BCUT2D eigenvalue weighted by molar-refractivity contribution is 6.21. The number of fused-ring (bicyclic) bond motifs is 10. The van der Waals surface area contributed by atoms with Crippen molar-refractivity contribution in [1.82, 2.24) is 0 Å². The Morgan fingerprint density at radius 3 is 1.38 bits per heavy atom. The monoisotopic (exact) mass is 738 g/mol. The SMILES string of the molecule is CC1(C)c2ccc(-c3ccc(-c4c5ccccc5c(-c5ccc(-c6ccc7oc8ccccc8c7c6)cc5)c5ccccc45)cc3)cc2-c2c1ccc1ccccc21. The van der Waals surface area contributed by atoms with Gasteiger partial charge in [0.15, 0.2) is 0 Å². The van der Waals surface area contributed by atoms with Crippen LogP contribution in [0.1, 0.15) is 25.0 Å². The fourth-order valence-electron chi connectivity index (χ4n) is 10.0. The van der Waals surface area contributed by atoms with Crippen molar-refractivity contribution >= 4 is 54.3 Å². The normalized spacial score (nSPS) is 13.1. The van der Waals surface area contributed by atoms with Gasteiger partial charge in [0.25, 0.3) is 0 Å². The second-order valence-electron chi connectivity index (χ2n) is 16.4. The first kappa shape index (κ1) is 33.0. The van der Waals surface area contributed by atoms with Crippen molar-refractivity contribution in [2.24, 2.45) is 0 Å². The molecule has 0 aliphatic heterocycles. The van der Waals surface area contributed by atoms with Gasteiger partial charge in [0.05, 0.1) is 0 Å². The largest absolute Gasteiger partial charge is 0.456 e. The molecule has 0 N–H and O–H groups in total. The number of benzene rings is 10. The number of rotatable bonds is 4. The molecule has 11 aromatic rings. The highest BCUT2D eigenvalue weighted by atomic mass is 16.3. The summed E-state index contributed by atoms with van der Waals surface area (Å²) in [6, 6.07) is 71.5. The molecule has 1 aliphatic rings. The fourth-order valence-corrected chi connectivity index (χ4v) is 10.0. The van der Waals surface area contributed by atoms with Crippen molar-refractivity contribution in [2.75, 3.05) is 0 Å². The Labute approximate surface area is 337 Å². The maximum Gasteiger partial charge on any atom is 0.135 e. The highest BCUT2D eigenvalue weighted by Crippen LogP contribution is 2.52. The average Bonchev–Trinajstić information content (AvgIpc) is 3.76. The first-order chi connectivity index (χ1) is 28.5. The number of hydrogen-bond acceptors (Lipinski definition) is 1. The van der Waals surface area contributed by atoms with Crippen LogP contribution in [0, 0.1) is 0 Å². The van der Waals surface area contributed by atoms with Crippen molar-refractivity contribution in [1.29, 1.82) is 0 Å². The van der Waals surface area contributed by atoms with Crippen LogP contribution >= 0.6 is 0 Å². The predicted octanol–water partition coefficient (Wildman–Crippen LogP) is 16.0. The van der Waals surface area contributed by atoms with Crippen molar-refractivity contribution < 1.29 is 4.42 Å². The van der Waals surface area contributed by atoms with E-state index in [-0.39, 0.29) is 5.41 Å². The van der Waals surface area contributed by atoms with E-state index < -0.39 is 0 Å². The van der Waals surface area contributed by atoms with E-state index in [9.17, 15) is 0 Å². The van der Waals surface area contributed by atoms with Gasteiger partial charge in [0.1, 0.15) is 11.2 Å². The minimum Gasteiger partial charge on any atom is -0.456 e. The van der Waals surface area contributed by atoms with Crippen LogP contribution < -0.4 is 0 Å². The highest BCUT2D eigenvalue weighted by Gasteiger charge is 2.36. The predicted molar refractivity (Wildman–Crippen MR) is 246 cm³/mol. The Bertz CT molecular complexity index is 3390. The quantitative estimate of drug-likeness (QED) is 0.164. The number of furan rings is 1. The standard InChI is InChI=1S/C57H38O/c1-57(2)50-30-28-40(34-49(50)56-42-12-4-3-11-37(42)27-31-51(56)57)35-19-23-38(24-20-35)54-44-14-5-7-16-46(44)55(47-17-8-6-15-45(47)54)39-25-21-36(22-26-39)41-29-32-53-48(33-41)43-13-9-10-18-52(43)58-53/h3-34H,1-2H3. The first-order valence-electron chi connectivity index (χ1n) is 20.2. The Morgan fingerprint density at radius 1 is 0.310 bits per heavy atom. The van der Waals surface area contributed by atoms with Gasteiger partial charge in [-0.2, -0.15) is 0 Å². The van der Waals surface area contributed by atoms with E-state index in [0.29, 0.717) is 0 Å². The van der Waals surface area contributed by atoms with Gasteiger partial charge in [0, 0.05) is 16.2 Å². The summed E-state index contributed by atoms with van der Waals surface area (Å²) in [6.45, 7) is 4.72. The smallest absolute Gasteiger partial charge is 0.135 e. The Morgan fingerprint density at radius 2 is 0.759 bits per heavy atom. The molecule has 12 rings (SSSR count). The molecule has 1 nitrogen and oxygen atoms in total. The zero-order valence-corrected chi connectivity index (χ0v) is 32.4. The van der Waals surface area contributed by atoms with Crippen LogP contribution in [0.3, 0.4) is 0 Å². The van der Waals surface area contributed by atoms with E-state index in [1.807, 2.05) is 12.1 Å². The molecular formula is C57H38O. The zero-order valence-electron chi connectivity index (χ0n) is 32.4. The summed E-state index contributed by atoms with van der Waals surface area (Å²) in [5.74, 6) is 0. The van der Waals surface area contributed by atoms with E-state index in [1.54, 1.807) is 0 Å². The van der Waals surface area contributed by atoms with Crippen molar-refractivity contribution in [3.8, 4) is 55.6 Å². The summed E-state index contributed by atoms with van der Waals surface area (Å²) in [4.78, 5) is 0. The summed E-state index contributed by atoms with van der Waals surface area (Å²) in [6.07, 6.45) is 0. The van der Waals surface area contributed by atoms with Gasteiger partial charge in [-0.1, -0.05) is 184 Å². The fraction of sp³-hybridized carbons (Fsp3) is 0.0526. The maximum atomic E-state index is 6.11. The van der Waals surface area contributed by atoms with E-state index in [2.05, 4.69) is 196 Å². The lowest BCUT2D eigenvalue weighted by Gasteiger charge is -2.21. The second kappa shape index (κ2) is 12.4. The lowest BCUT2D eigenvalue weighted by Crippen LogP contribution is -2.14. The zero-order chi connectivity index (χ0) is 38.5. The lowest BCUT2D eigenvalue weighted by molar-refractivity contribution is 0.661. The minimum atomic E-state index is -0.0430. The molecule has 0 saturated carbocycles. The number of hydrogen-bond donors (Lipinski definition) is 0. The van der Waals surface area contributed by atoms with Crippen LogP contribution in [-0.2, 0) is 5.41 Å². The number of para-hydroxylation sites is 1. The van der Waals surface area contributed by atoms with Crippen LogP contribution in [0.15, 0.2) is 199 Å². The van der Waals surface area contributed by atoms with E-state index >= 15 is 0 Å². The molecule has 0 radical (unpaired) electrons. The molecule has 272 valence electrons. The van der Waals surface area contributed by atoms with Crippen molar-refractivity contribution in [3.05, 3.63) is 205 Å². The van der Waals surface area contributed by atoms with Gasteiger partial charge in [-0.3, -0.25) is 0 Å². The summed E-state index contributed by atoms with van der Waals surface area (Å²) < 4.78 is 6.11. The van der Waals surface area contributed by atoms with Gasteiger partial charge in [-0.05, 0) is 123 Å². The molecule has 0 amide bonds. The lowest BCUT2D eigenvalue weighted by atomic mass is 9.82. The van der Waals surface area contributed by atoms with E-state index in [1.165, 1.54) is 99.1 Å². The Balaban J connectivity index is 0.946. The summed E-state index contributed by atoms with van der Waals surface area (Å²) in [7, 11) is 0. The molecule has 58 heavy (non-hydrogen) atoms. The van der Waals surface area contributed by atoms with Crippen molar-refractivity contribution in [2.45, 2.75) is 19.3 Å². The first-order valence-corrected chi connectivity index (χ1v) is 20.2. The topological polar surface area (TPSA) is 13.1 Å². The van der Waals surface area contributed by atoms with Crippen LogP contribution in [0.25, 0.3) is 110 Å². The third-order valence-corrected chi connectivity index (χ3v) is 12.9. The molecule has 0 unspecified atom stereocenters. The Kier molecular flexibility index (Phi) is 7.04. The molecule has 1 heterocycles. The summed E-state index contributed by atoms with van der Waals surface area (Å²) in [5, 5.41) is 9.95. The molecular weight excluding hydrogens is 701 g/mol. The van der Waals surface area contributed by atoms with Gasteiger partial charge < -0.3 is 4.42 Å². The third-order valence-electron chi connectivity index (χ3n) is 12.9. The van der Waals surface area contributed by atoms with Crippen LogP contribution in [-0.4, -0.2) is 0 Å². The second-order valence-corrected chi connectivity index (χ2v) is 16.4. The van der Waals surface area contributed by atoms with E-state index in [0.717, 1.165) is 21.9 Å². The molecule has 1 aromatic heterocycles. The van der Waals surface area contributed by atoms with Crippen LogP contribution in [0.5, 0.6) is 0 Å². The molecule has 0 saturated heterocycles. The van der Waals surface area contributed by atoms with Gasteiger partial charge >= 0.3 is 0 Å². The molecule has 1 aliphatic carbocycles. The van der Waals surface area contributed by atoms with Crippen LogP contribution in [0.4, 0.5) is 0 Å². The van der Waals surface area contributed by atoms with Gasteiger partial charge in [-0.25, -0.2) is 0 Å². The Hall–Kier alpha value is -7.22. The molecule has 0 fully saturated rings. The third kappa shape index (κ3) is 4.83. The summed E-state index contributed by atoms with van der Waals surface area (Å²) in [5.41, 5.74) is 17.2. The van der Waals surface area contributed by atoms with Gasteiger partial charge in [0.2, 0.25) is 0 Å². The molecule has 0 bridgehead atoms. The molecule has 10 aromatic carbocycles. The summed E-state index contributed by atoms with van der Waals surface area (Å²) >= 11 is 0. The van der Waals surface area contributed by atoms with E-state index in [4.69, 9.17) is 4.42 Å².